The number of rotatable bonds is 0. The van der Waals surface area contributed by atoms with Crippen molar-refractivity contribution in [2.75, 3.05) is 59.0 Å². The molecule has 0 aromatic heterocycles. The van der Waals surface area contributed by atoms with Gasteiger partial charge in [0.1, 0.15) is 0 Å². The van der Waals surface area contributed by atoms with Crippen LogP contribution in [0.5, 0.6) is 0 Å². The highest BCUT2D eigenvalue weighted by Crippen LogP contribution is 2.12. The minimum atomic E-state index is 0.902. The van der Waals surface area contributed by atoms with Crippen LogP contribution in [0.4, 0.5) is 0 Å². The maximum Gasteiger partial charge on any atom is 0.0483 e. The third kappa shape index (κ3) is 11.8. The van der Waals surface area contributed by atoms with Crippen LogP contribution >= 0.6 is 0 Å². The molecule has 0 saturated carbocycles. The van der Waals surface area contributed by atoms with Crippen molar-refractivity contribution >= 4 is 0 Å². The predicted molar refractivity (Wildman–Crippen MR) is 180 cm³/mol. The van der Waals surface area contributed by atoms with E-state index in [1.54, 1.807) is 0 Å². The number of benzene rings is 3. The third-order valence-corrected chi connectivity index (χ3v) is 8.91. The Balaban J connectivity index is 1.29. The molecule has 6 nitrogen and oxygen atoms in total. The lowest BCUT2D eigenvalue weighted by Gasteiger charge is -2.23. The minimum Gasteiger partial charge on any atom is -0.311 e. The predicted octanol–water partition coefficient (Wildman–Crippen LogP) is 4.68. The lowest BCUT2D eigenvalue weighted by atomic mass is 10.0. The van der Waals surface area contributed by atoms with E-state index in [1.165, 1.54) is 71.9 Å². The van der Waals surface area contributed by atoms with Gasteiger partial charge in [0, 0.05) is 72.1 Å². The van der Waals surface area contributed by atoms with Crippen LogP contribution in [0.25, 0.3) is 0 Å². The SMILES string of the molecule is c1cc2ccc1CCCCN1CCNCc3ccc(cc3)CNCCN(CCCC2)CNCc2ccc(cc2)CNCC1. The van der Waals surface area contributed by atoms with Crippen molar-refractivity contribution in [3.63, 3.8) is 0 Å². The topological polar surface area (TPSA) is 54.6 Å². The summed E-state index contributed by atoms with van der Waals surface area (Å²) < 4.78 is 0. The lowest BCUT2D eigenvalue weighted by Crippen LogP contribution is -2.39. The molecular weight excluding hydrogens is 528 g/mol. The molecule has 2 atom stereocenters. The fourth-order valence-corrected chi connectivity index (χ4v) is 6.12. The summed E-state index contributed by atoms with van der Waals surface area (Å²) in [5.74, 6) is 0. The van der Waals surface area contributed by atoms with Crippen molar-refractivity contribution in [3.05, 3.63) is 106 Å². The average Bonchev–Trinajstić information content (AvgIpc) is 3.04. The second-order valence-corrected chi connectivity index (χ2v) is 12.4. The smallest absolute Gasteiger partial charge is 0.0483 e. The van der Waals surface area contributed by atoms with Crippen LogP contribution in [0.3, 0.4) is 0 Å². The quantitative estimate of drug-likeness (QED) is 0.309. The molecule has 3 aromatic rings. The van der Waals surface area contributed by atoms with Gasteiger partial charge in [-0.1, -0.05) is 72.8 Å². The second kappa shape index (κ2) is 18.3. The number of hydrogen-bond acceptors (Lipinski definition) is 6. The molecule has 8 heterocycles. The Hall–Kier alpha value is -2.58. The fraction of sp³-hybridized carbons (Fsp3) is 0.514. The van der Waals surface area contributed by atoms with Crippen LogP contribution < -0.4 is 21.3 Å². The highest BCUT2D eigenvalue weighted by molar-refractivity contribution is 5.24. The fourth-order valence-electron chi connectivity index (χ4n) is 6.12. The highest BCUT2D eigenvalue weighted by atomic mass is 15.2. The number of nitrogens with one attached hydrogen (secondary N) is 4. The summed E-state index contributed by atoms with van der Waals surface area (Å²) >= 11 is 0. The Kier molecular flexibility index (Phi) is 13.5. The summed E-state index contributed by atoms with van der Waals surface area (Å²) in [6, 6.07) is 27.7. The van der Waals surface area contributed by atoms with Crippen LogP contribution in [-0.4, -0.2) is 68.8 Å². The van der Waals surface area contributed by atoms with E-state index in [2.05, 4.69) is 104 Å². The molecule has 0 amide bonds. The van der Waals surface area contributed by atoms with Crippen molar-refractivity contribution in [3.8, 4) is 0 Å². The zero-order valence-corrected chi connectivity index (χ0v) is 26.3. The molecule has 0 spiro atoms. The van der Waals surface area contributed by atoms with Gasteiger partial charge in [0.05, 0.1) is 0 Å². The van der Waals surface area contributed by atoms with Crippen LogP contribution in [0.1, 0.15) is 59.1 Å². The summed E-state index contributed by atoms with van der Waals surface area (Å²) in [5, 5.41) is 14.8. The first kappa shape index (κ1) is 31.8. The van der Waals surface area contributed by atoms with Crippen LogP contribution in [0.15, 0.2) is 72.8 Å². The van der Waals surface area contributed by atoms with Gasteiger partial charge in [0.2, 0.25) is 0 Å². The Morgan fingerprint density at radius 3 is 1.14 bits per heavy atom. The van der Waals surface area contributed by atoms with Gasteiger partial charge in [0.15, 0.2) is 0 Å². The number of nitrogens with zero attached hydrogens (tertiary/aromatic N) is 2. The Morgan fingerprint density at radius 1 is 0.349 bits per heavy atom. The molecule has 0 fully saturated rings. The molecule has 0 saturated heterocycles. The largest absolute Gasteiger partial charge is 0.311 e. The molecule has 4 N–H and O–H groups in total. The first-order valence-corrected chi connectivity index (χ1v) is 16.8. The van der Waals surface area contributed by atoms with E-state index in [1.807, 2.05) is 0 Å². The van der Waals surface area contributed by atoms with Crippen LogP contribution in [-0.2, 0) is 39.0 Å². The first-order chi connectivity index (χ1) is 21.3. The summed E-state index contributed by atoms with van der Waals surface area (Å²) in [6.45, 7) is 13.1. The van der Waals surface area contributed by atoms with Crippen molar-refractivity contribution in [2.45, 2.75) is 64.7 Å². The van der Waals surface area contributed by atoms with Gasteiger partial charge in [-0.3, -0.25) is 4.90 Å². The van der Waals surface area contributed by atoms with E-state index >= 15 is 0 Å². The van der Waals surface area contributed by atoms with E-state index in [0.717, 1.165) is 85.2 Å². The number of aryl methyl sites for hydroxylation is 2. The maximum atomic E-state index is 3.72. The summed E-state index contributed by atoms with van der Waals surface area (Å²) in [6.07, 6.45) is 7.27. The molecule has 232 valence electrons. The third-order valence-electron chi connectivity index (χ3n) is 8.91. The average molecular weight is 583 g/mol. The molecule has 11 rings (SSSR count). The van der Waals surface area contributed by atoms with Crippen molar-refractivity contribution in [1.29, 1.82) is 0 Å². The lowest BCUT2D eigenvalue weighted by molar-refractivity contribution is 0.246. The van der Waals surface area contributed by atoms with Gasteiger partial charge < -0.3 is 26.2 Å². The van der Waals surface area contributed by atoms with Gasteiger partial charge in [-0.2, -0.15) is 0 Å². The van der Waals surface area contributed by atoms with Gasteiger partial charge in [0.25, 0.3) is 0 Å². The molecular formula is C37H54N6. The first-order valence-electron chi connectivity index (χ1n) is 16.8. The monoisotopic (exact) mass is 582 g/mol. The van der Waals surface area contributed by atoms with E-state index in [-0.39, 0.29) is 0 Å². The Labute approximate surface area is 260 Å². The molecule has 0 radical (unpaired) electrons. The maximum absolute atomic E-state index is 3.72. The molecule has 8 aliphatic heterocycles. The molecule has 2 unspecified atom stereocenters. The molecule has 8 aliphatic rings. The Bertz CT molecular complexity index is 1100. The van der Waals surface area contributed by atoms with Crippen molar-refractivity contribution in [2.24, 2.45) is 0 Å². The zero-order chi connectivity index (χ0) is 29.4. The van der Waals surface area contributed by atoms with E-state index in [9.17, 15) is 0 Å². The van der Waals surface area contributed by atoms with E-state index in [0.29, 0.717) is 0 Å². The van der Waals surface area contributed by atoms with Gasteiger partial charge in [-0.05, 0) is 85.0 Å². The standard InChI is InChI=1S/C37H54N6/c1-3-22-42-24-19-38-27-34-11-13-35(14-12-34)29-40-21-26-43(23-4-2-6-33-9-7-32(5-1)8-10-33)31-41-30-37-17-15-36(16-18-37)28-39-20-25-42/h7-18,38-41H,1-6,19-31H2. The van der Waals surface area contributed by atoms with E-state index in [4.69, 9.17) is 0 Å². The Morgan fingerprint density at radius 2 is 0.698 bits per heavy atom. The summed E-state index contributed by atoms with van der Waals surface area (Å²) in [4.78, 5) is 5.22. The second-order valence-electron chi connectivity index (χ2n) is 12.4. The summed E-state index contributed by atoms with van der Waals surface area (Å²) in [5.41, 5.74) is 8.38. The van der Waals surface area contributed by atoms with Gasteiger partial charge in [-0.15, -0.1) is 0 Å². The normalized spacial score (nSPS) is 22.6. The zero-order valence-electron chi connectivity index (χ0n) is 26.3. The van der Waals surface area contributed by atoms with Crippen molar-refractivity contribution in [1.82, 2.24) is 31.1 Å². The minimum absolute atomic E-state index is 0.902. The molecule has 6 heteroatoms. The van der Waals surface area contributed by atoms with Gasteiger partial charge in [-0.25, -0.2) is 0 Å². The molecule has 0 aliphatic carbocycles. The van der Waals surface area contributed by atoms with Gasteiger partial charge >= 0.3 is 0 Å². The van der Waals surface area contributed by atoms with E-state index < -0.39 is 0 Å². The summed E-state index contributed by atoms with van der Waals surface area (Å²) in [7, 11) is 0. The molecule has 3 aromatic carbocycles. The van der Waals surface area contributed by atoms with Crippen LogP contribution in [0, 0.1) is 0 Å². The number of hydrogen-bond donors (Lipinski definition) is 4. The molecule has 43 heavy (non-hydrogen) atoms. The van der Waals surface area contributed by atoms with Crippen molar-refractivity contribution < 1.29 is 0 Å². The highest BCUT2D eigenvalue weighted by Gasteiger charge is 2.08. The van der Waals surface area contributed by atoms with Crippen LogP contribution in [0.2, 0.25) is 0 Å². The molecule has 8 bridgehead atoms.